The molecule has 5 N–H and O–H groups in total. The number of imidazole rings is 1. The van der Waals surface area contributed by atoms with Crippen molar-refractivity contribution in [1.82, 2.24) is 20.6 Å². The van der Waals surface area contributed by atoms with Crippen LogP contribution >= 0.6 is 0 Å². The van der Waals surface area contributed by atoms with Gasteiger partial charge in [-0.05, 0) is 0 Å². The second-order valence-electron chi connectivity index (χ2n) is 3.96. The summed E-state index contributed by atoms with van der Waals surface area (Å²) in [6.07, 6.45) is 3.34. The SMILES string of the molecule is COC(=O)CNC(=O)CNC(=O)[C@@H](N)Cc1cnc[nH]1. The molecule has 1 aromatic heterocycles. The van der Waals surface area contributed by atoms with Crippen LogP contribution in [0.25, 0.3) is 0 Å². The number of rotatable bonds is 7. The summed E-state index contributed by atoms with van der Waals surface area (Å²) in [6.45, 7) is -0.502. The Morgan fingerprint density at radius 1 is 1.40 bits per heavy atom. The van der Waals surface area contributed by atoms with E-state index in [0.717, 1.165) is 5.69 Å². The molecule has 0 aliphatic rings. The lowest BCUT2D eigenvalue weighted by Gasteiger charge is -2.11. The van der Waals surface area contributed by atoms with Gasteiger partial charge in [0.05, 0.1) is 26.0 Å². The lowest BCUT2D eigenvalue weighted by Crippen LogP contribution is -2.46. The van der Waals surface area contributed by atoms with Crippen LogP contribution in [0.5, 0.6) is 0 Å². The predicted molar refractivity (Wildman–Crippen MR) is 68.3 cm³/mol. The van der Waals surface area contributed by atoms with Crippen molar-refractivity contribution in [2.24, 2.45) is 5.73 Å². The first-order valence-electron chi connectivity index (χ1n) is 5.87. The number of methoxy groups -OCH3 is 1. The topological polar surface area (TPSA) is 139 Å². The van der Waals surface area contributed by atoms with Crippen LogP contribution < -0.4 is 16.4 Å². The summed E-state index contributed by atoms with van der Waals surface area (Å²) >= 11 is 0. The molecule has 1 heterocycles. The van der Waals surface area contributed by atoms with Crippen LogP contribution in [0.3, 0.4) is 0 Å². The van der Waals surface area contributed by atoms with Crippen molar-refractivity contribution in [2.45, 2.75) is 12.5 Å². The van der Waals surface area contributed by atoms with Crippen LogP contribution in [0, 0.1) is 0 Å². The number of nitrogens with two attached hydrogens (primary N) is 1. The fourth-order valence-electron chi connectivity index (χ4n) is 1.33. The van der Waals surface area contributed by atoms with Gasteiger partial charge in [-0.25, -0.2) is 4.98 Å². The number of amides is 2. The van der Waals surface area contributed by atoms with Gasteiger partial charge in [-0.2, -0.15) is 0 Å². The van der Waals surface area contributed by atoms with Gasteiger partial charge in [-0.3, -0.25) is 14.4 Å². The summed E-state index contributed by atoms with van der Waals surface area (Å²) in [5.41, 5.74) is 6.40. The first-order chi connectivity index (χ1) is 9.52. The van der Waals surface area contributed by atoms with Gasteiger partial charge in [0.1, 0.15) is 6.54 Å². The van der Waals surface area contributed by atoms with Gasteiger partial charge in [-0.1, -0.05) is 0 Å². The number of H-pyrrole nitrogens is 1. The normalized spacial score (nSPS) is 11.5. The molecular weight excluding hydrogens is 266 g/mol. The molecule has 0 radical (unpaired) electrons. The fourth-order valence-corrected chi connectivity index (χ4v) is 1.33. The van der Waals surface area contributed by atoms with Crippen LogP contribution in [0.15, 0.2) is 12.5 Å². The summed E-state index contributed by atoms with van der Waals surface area (Å²) in [7, 11) is 1.21. The maximum Gasteiger partial charge on any atom is 0.325 e. The average molecular weight is 283 g/mol. The molecule has 0 saturated carbocycles. The molecule has 1 aromatic rings. The molecule has 0 bridgehead atoms. The van der Waals surface area contributed by atoms with Crippen LogP contribution in [0.1, 0.15) is 5.69 Å². The summed E-state index contributed by atoms with van der Waals surface area (Å²) in [5, 5.41) is 4.66. The van der Waals surface area contributed by atoms with E-state index >= 15 is 0 Å². The Balaban J connectivity index is 2.24. The highest BCUT2D eigenvalue weighted by atomic mass is 16.5. The molecule has 0 aliphatic heterocycles. The van der Waals surface area contributed by atoms with Crippen molar-refractivity contribution in [3.63, 3.8) is 0 Å². The third kappa shape index (κ3) is 5.48. The van der Waals surface area contributed by atoms with E-state index in [9.17, 15) is 14.4 Å². The largest absolute Gasteiger partial charge is 0.468 e. The van der Waals surface area contributed by atoms with Crippen LogP contribution in [0.2, 0.25) is 0 Å². The van der Waals surface area contributed by atoms with E-state index in [-0.39, 0.29) is 19.5 Å². The molecule has 0 saturated heterocycles. The van der Waals surface area contributed by atoms with E-state index in [0.29, 0.717) is 0 Å². The van der Waals surface area contributed by atoms with E-state index in [1.165, 1.54) is 13.4 Å². The van der Waals surface area contributed by atoms with Gasteiger partial charge in [-0.15, -0.1) is 0 Å². The quantitative estimate of drug-likeness (QED) is 0.414. The number of nitrogens with zero attached hydrogens (tertiary/aromatic N) is 1. The molecule has 20 heavy (non-hydrogen) atoms. The molecule has 1 rings (SSSR count). The third-order valence-electron chi connectivity index (χ3n) is 2.41. The Bertz CT molecular complexity index is 459. The summed E-state index contributed by atoms with van der Waals surface area (Å²) in [6, 6.07) is -0.788. The molecule has 9 heteroatoms. The summed E-state index contributed by atoms with van der Waals surface area (Å²) < 4.78 is 4.35. The molecule has 0 aliphatic carbocycles. The minimum Gasteiger partial charge on any atom is -0.468 e. The van der Waals surface area contributed by atoms with Crippen LogP contribution in [0.4, 0.5) is 0 Å². The number of ether oxygens (including phenoxy) is 1. The minimum absolute atomic E-state index is 0.245. The first-order valence-corrected chi connectivity index (χ1v) is 5.87. The van der Waals surface area contributed by atoms with Gasteiger partial charge >= 0.3 is 5.97 Å². The number of hydrogen-bond donors (Lipinski definition) is 4. The van der Waals surface area contributed by atoms with Crippen molar-refractivity contribution in [2.75, 3.05) is 20.2 Å². The second kappa shape index (κ2) is 7.89. The zero-order chi connectivity index (χ0) is 15.0. The highest BCUT2D eigenvalue weighted by Gasteiger charge is 2.15. The first kappa shape index (κ1) is 15.6. The molecule has 1 atom stereocenters. The van der Waals surface area contributed by atoms with E-state index in [1.807, 2.05) is 0 Å². The molecule has 0 unspecified atom stereocenters. The molecular formula is C11H17N5O4. The van der Waals surface area contributed by atoms with E-state index in [2.05, 4.69) is 25.3 Å². The van der Waals surface area contributed by atoms with Crippen LogP contribution in [-0.4, -0.2) is 54.0 Å². The number of carbonyl (C=O) groups excluding carboxylic acids is 3. The molecule has 0 spiro atoms. The molecule has 2 amide bonds. The number of aromatic amines is 1. The number of hydrogen-bond acceptors (Lipinski definition) is 6. The lowest BCUT2D eigenvalue weighted by atomic mass is 10.1. The average Bonchev–Trinajstić information content (AvgIpc) is 2.94. The molecule has 9 nitrogen and oxygen atoms in total. The highest BCUT2D eigenvalue weighted by Crippen LogP contribution is 1.95. The van der Waals surface area contributed by atoms with Crippen molar-refractivity contribution < 1.29 is 19.1 Å². The predicted octanol–water partition coefficient (Wildman–Crippen LogP) is -2.32. The van der Waals surface area contributed by atoms with E-state index in [1.54, 1.807) is 6.20 Å². The van der Waals surface area contributed by atoms with Crippen molar-refractivity contribution in [3.8, 4) is 0 Å². The van der Waals surface area contributed by atoms with Crippen LogP contribution in [-0.2, 0) is 25.5 Å². The number of carbonyl (C=O) groups is 3. The van der Waals surface area contributed by atoms with Gasteiger partial charge in [0, 0.05) is 18.3 Å². The zero-order valence-electron chi connectivity index (χ0n) is 11.0. The van der Waals surface area contributed by atoms with Gasteiger partial charge < -0.3 is 26.1 Å². The fraction of sp³-hybridized carbons (Fsp3) is 0.455. The maximum atomic E-state index is 11.6. The molecule has 0 aromatic carbocycles. The zero-order valence-corrected chi connectivity index (χ0v) is 11.0. The Morgan fingerprint density at radius 3 is 2.75 bits per heavy atom. The second-order valence-corrected chi connectivity index (χ2v) is 3.96. The Morgan fingerprint density at radius 2 is 2.15 bits per heavy atom. The highest BCUT2D eigenvalue weighted by molar-refractivity contribution is 5.88. The number of esters is 1. The van der Waals surface area contributed by atoms with E-state index in [4.69, 9.17) is 5.73 Å². The summed E-state index contributed by atoms with van der Waals surface area (Å²) in [5.74, 6) is -1.54. The Labute approximate surface area is 115 Å². The monoisotopic (exact) mass is 283 g/mol. The van der Waals surface area contributed by atoms with Crippen molar-refractivity contribution in [3.05, 3.63) is 18.2 Å². The van der Waals surface area contributed by atoms with Gasteiger partial charge in [0.15, 0.2) is 0 Å². The van der Waals surface area contributed by atoms with Crippen molar-refractivity contribution in [1.29, 1.82) is 0 Å². The number of nitrogens with one attached hydrogen (secondary N) is 3. The molecule has 0 fully saturated rings. The van der Waals surface area contributed by atoms with Gasteiger partial charge in [0.2, 0.25) is 11.8 Å². The smallest absolute Gasteiger partial charge is 0.325 e. The summed E-state index contributed by atoms with van der Waals surface area (Å²) in [4.78, 5) is 40.4. The number of aromatic nitrogens is 2. The standard InChI is InChI=1S/C11H17N5O4/c1-20-10(18)5-14-9(17)4-15-11(19)8(12)2-7-3-13-6-16-7/h3,6,8H,2,4-5,12H2,1H3,(H,13,16)(H,14,17)(H,15,19)/t8-/m0/s1. The third-order valence-corrected chi connectivity index (χ3v) is 2.41. The minimum atomic E-state index is -0.788. The Kier molecular flexibility index (Phi) is 6.17. The van der Waals surface area contributed by atoms with E-state index < -0.39 is 23.8 Å². The molecule has 110 valence electrons. The van der Waals surface area contributed by atoms with Crippen molar-refractivity contribution >= 4 is 17.8 Å². The maximum absolute atomic E-state index is 11.6. The lowest BCUT2D eigenvalue weighted by molar-refractivity contribution is -0.141. The Hall–Kier alpha value is -2.42. The van der Waals surface area contributed by atoms with Gasteiger partial charge in [0.25, 0.3) is 0 Å².